The van der Waals surface area contributed by atoms with E-state index in [0.717, 1.165) is 56.0 Å². The van der Waals surface area contributed by atoms with Crippen LogP contribution in [0.2, 0.25) is 6.04 Å². The molecule has 1 saturated carbocycles. The van der Waals surface area contributed by atoms with Crippen molar-refractivity contribution in [1.82, 2.24) is 0 Å². The van der Waals surface area contributed by atoms with Crippen LogP contribution in [0.1, 0.15) is 48.3 Å². The summed E-state index contributed by atoms with van der Waals surface area (Å²) in [6.07, 6.45) is -0.942. The number of hydrogen-bond donors (Lipinski definition) is 0. The fraction of sp³-hybridized carbons (Fsp3) is 0.429. The zero-order chi connectivity index (χ0) is 20.5. The molecule has 1 fully saturated rings. The molecule has 0 N–H and O–H groups in total. The lowest BCUT2D eigenvalue weighted by Gasteiger charge is -2.28. The van der Waals surface area contributed by atoms with Crippen molar-refractivity contribution < 1.29 is 26.7 Å². The minimum atomic E-state index is -4.28. The zero-order valence-electron chi connectivity index (χ0n) is 15.4. The lowest BCUT2D eigenvalue weighted by atomic mass is 9.79. The summed E-state index contributed by atoms with van der Waals surface area (Å²) in [5.41, 5.74) is -0.846. The van der Waals surface area contributed by atoms with Crippen LogP contribution in [0.5, 0.6) is 5.75 Å². The molecule has 0 unspecified atom stereocenters. The minimum absolute atomic E-state index is 0.0618. The van der Waals surface area contributed by atoms with E-state index in [0.29, 0.717) is 11.5 Å². The van der Waals surface area contributed by atoms with Gasteiger partial charge in [0.2, 0.25) is 0 Å². The summed E-state index contributed by atoms with van der Waals surface area (Å²) < 4.78 is 75.8. The van der Waals surface area contributed by atoms with E-state index in [9.17, 15) is 22.0 Å². The molecule has 0 spiro atoms. The van der Waals surface area contributed by atoms with E-state index in [1.54, 1.807) is 0 Å². The standard InChI is InChI=1S/C21H20F5OSi/c1-12-2-7-16(10-17(12)22)27-21(25,26)20-18(23)8-15(9-19(20)24)14-5-3-13(11-28)4-6-14/h2,7-10,13-14H,3-6,11H2,1H3. The van der Waals surface area contributed by atoms with Crippen LogP contribution in [0.3, 0.4) is 0 Å². The quantitative estimate of drug-likeness (QED) is 0.409. The maximum absolute atomic E-state index is 14.5. The zero-order valence-corrected chi connectivity index (χ0v) is 16.4. The van der Waals surface area contributed by atoms with Gasteiger partial charge in [0.25, 0.3) is 0 Å². The van der Waals surface area contributed by atoms with Gasteiger partial charge >= 0.3 is 6.11 Å². The van der Waals surface area contributed by atoms with Crippen molar-refractivity contribution in [2.24, 2.45) is 5.92 Å². The third kappa shape index (κ3) is 4.40. The van der Waals surface area contributed by atoms with Gasteiger partial charge in [0, 0.05) is 16.3 Å². The molecule has 3 rings (SSSR count). The largest absolute Gasteiger partial charge is 0.432 e. The molecule has 149 valence electrons. The van der Waals surface area contributed by atoms with Crippen molar-refractivity contribution in [2.75, 3.05) is 0 Å². The molecule has 7 heteroatoms. The van der Waals surface area contributed by atoms with E-state index >= 15 is 0 Å². The number of alkyl halides is 2. The molecule has 0 aliphatic heterocycles. The molecule has 0 bridgehead atoms. The fourth-order valence-electron chi connectivity index (χ4n) is 3.64. The van der Waals surface area contributed by atoms with Crippen molar-refractivity contribution in [3.63, 3.8) is 0 Å². The summed E-state index contributed by atoms with van der Waals surface area (Å²) in [5.74, 6) is -3.53. The highest BCUT2D eigenvalue weighted by molar-refractivity contribution is 6.08. The van der Waals surface area contributed by atoms with Gasteiger partial charge in [-0.1, -0.05) is 25.0 Å². The van der Waals surface area contributed by atoms with Gasteiger partial charge in [0.15, 0.2) is 0 Å². The van der Waals surface area contributed by atoms with E-state index in [2.05, 4.69) is 15.0 Å². The molecule has 0 amide bonds. The molecule has 1 aliphatic carbocycles. The molecule has 0 saturated heterocycles. The first-order valence-electron chi connectivity index (χ1n) is 9.18. The first-order valence-corrected chi connectivity index (χ1v) is 9.89. The monoisotopic (exact) mass is 411 g/mol. The van der Waals surface area contributed by atoms with Gasteiger partial charge in [0.05, 0.1) is 0 Å². The van der Waals surface area contributed by atoms with Crippen molar-refractivity contribution in [3.05, 3.63) is 64.5 Å². The smallest absolute Gasteiger partial charge is 0.429 e. The van der Waals surface area contributed by atoms with Crippen LogP contribution < -0.4 is 4.74 Å². The number of aryl methyl sites for hydroxylation is 1. The summed E-state index contributed by atoms with van der Waals surface area (Å²) in [6, 6.07) is 5.93. The molecule has 28 heavy (non-hydrogen) atoms. The molecular formula is C21H20F5OSi. The average molecular weight is 411 g/mol. The minimum Gasteiger partial charge on any atom is -0.429 e. The number of benzene rings is 2. The molecule has 0 atom stereocenters. The van der Waals surface area contributed by atoms with Crippen molar-refractivity contribution in [3.8, 4) is 5.75 Å². The first-order chi connectivity index (χ1) is 13.2. The number of rotatable bonds is 5. The maximum Gasteiger partial charge on any atom is 0.432 e. The van der Waals surface area contributed by atoms with Gasteiger partial charge in [-0.3, -0.25) is 0 Å². The van der Waals surface area contributed by atoms with E-state index < -0.39 is 34.9 Å². The Kier molecular flexibility index (Phi) is 6.12. The van der Waals surface area contributed by atoms with Crippen LogP contribution >= 0.6 is 0 Å². The van der Waals surface area contributed by atoms with Crippen LogP contribution in [0, 0.1) is 30.3 Å². The highest BCUT2D eigenvalue weighted by atomic mass is 28.1. The number of halogens is 5. The van der Waals surface area contributed by atoms with Crippen LogP contribution in [-0.2, 0) is 6.11 Å². The van der Waals surface area contributed by atoms with Gasteiger partial charge < -0.3 is 4.74 Å². The lowest BCUT2D eigenvalue weighted by Crippen LogP contribution is -2.25. The summed E-state index contributed by atoms with van der Waals surface area (Å²) in [4.78, 5) is 0. The van der Waals surface area contributed by atoms with Gasteiger partial charge in [-0.2, -0.15) is 8.78 Å². The Labute approximate surface area is 164 Å². The average Bonchev–Trinajstić information content (AvgIpc) is 2.63. The topological polar surface area (TPSA) is 9.23 Å². The van der Waals surface area contributed by atoms with Crippen molar-refractivity contribution in [1.29, 1.82) is 0 Å². The van der Waals surface area contributed by atoms with Gasteiger partial charge in [-0.15, -0.1) is 0 Å². The Morgan fingerprint density at radius 2 is 1.57 bits per heavy atom. The summed E-state index contributed by atoms with van der Waals surface area (Å²) in [7, 11) is 3.49. The fourth-order valence-corrected chi connectivity index (χ4v) is 4.05. The highest BCUT2D eigenvalue weighted by Gasteiger charge is 2.41. The Morgan fingerprint density at radius 3 is 2.11 bits per heavy atom. The Hall–Kier alpha value is -1.89. The molecule has 2 aromatic rings. The van der Waals surface area contributed by atoms with Crippen LogP contribution in [-0.4, -0.2) is 10.2 Å². The molecule has 0 aromatic heterocycles. The SMILES string of the molecule is Cc1ccc(OC(F)(F)c2c(F)cc(C3CCC(C[Si])CC3)cc2F)cc1F. The van der Waals surface area contributed by atoms with Crippen molar-refractivity contribution in [2.45, 2.75) is 50.7 Å². The van der Waals surface area contributed by atoms with E-state index in [-0.39, 0.29) is 11.5 Å². The highest BCUT2D eigenvalue weighted by Crippen LogP contribution is 2.40. The van der Waals surface area contributed by atoms with Crippen LogP contribution in [0.4, 0.5) is 22.0 Å². The second kappa shape index (κ2) is 8.23. The Balaban J connectivity index is 1.84. The first kappa shape index (κ1) is 20.8. The lowest BCUT2D eigenvalue weighted by molar-refractivity contribution is -0.189. The second-order valence-corrected chi connectivity index (χ2v) is 7.72. The normalized spacial score (nSPS) is 20.2. The predicted octanol–water partition coefficient (Wildman–Crippen LogP) is 6.40. The molecular weight excluding hydrogens is 391 g/mol. The van der Waals surface area contributed by atoms with Crippen LogP contribution in [0.25, 0.3) is 0 Å². The molecule has 3 radical (unpaired) electrons. The molecule has 0 heterocycles. The third-order valence-corrected chi connectivity index (χ3v) is 5.93. The molecule has 1 nitrogen and oxygen atoms in total. The van der Waals surface area contributed by atoms with Gasteiger partial charge in [-0.05, 0) is 60.9 Å². The maximum atomic E-state index is 14.5. The van der Waals surface area contributed by atoms with Crippen molar-refractivity contribution >= 4 is 10.2 Å². The molecule has 1 aliphatic rings. The Morgan fingerprint density at radius 1 is 0.964 bits per heavy atom. The molecule has 2 aromatic carbocycles. The van der Waals surface area contributed by atoms with E-state index in [4.69, 9.17) is 0 Å². The third-order valence-electron chi connectivity index (χ3n) is 5.35. The van der Waals surface area contributed by atoms with E-state index in [1.165, 1.54) is 13.0 Å². The Bertz CT molecular complexity index is 824. The summed E-state index contributed by atoms with van der Waals surface area (Å²) in [6.45, 7) is 1.46. The summed E-state index contributed by atoms with van der Waals surface area (Å²) >= 11 is 0. The number of ether oxygens (including phenoxy) is 1. The predicted molar refractivity (Wildman–Crippen MR) is 97.3 cm³/mol. The van der Waals surface area contributed by atoms with E-state index in [1.807, 2.05) is 0 Å². The second-order valence-electron chi connectivity index (χ2n) is 7.31. The number of hydrogen-bond acceptors (Lipinski definition) is 1. The van der Waals surface area contributed by atoms with Gasteiger partial charge in [-0.25, -0.2) is 13.2 Å². The summed E-state index contributed by atoms with van der Waals surface area (Å²) in [5, 5.41) is 0. The van der Waals surface area contributed by atoms with Gasteiger partial charge in [0.1, 0.15) is 28.8 Å². The van der Waals surface area contributed by atoms with Crippen LogP contribution in [0.15, 0.2) is 30.3 Å².